The van der Waals surface area contributed by atoms with Gasteiger partial charge in [0.05, 0.1) is 11.7 Å². The Hall–Kier alpha value is -2.70. The van der Waals surface area contributed by atoms with Crippen LogP contribution < -0.4 is 5.32 Å². The third kappa shape index (κ3) is 4.53. The largest absolute Gasteiger partial charge is 0.354 e. The molecule has 2 amide bonds. The van der Waals surface area contributed by atoms with E-state index in [4.69, 9.17) is 0 Å². The predicted octanol–water partition coefficient (Wildman–Crippen LogP) is 2.12. The molecule has 1 aliphatic heterocycles. The Morgan fingerprint density at radius 3 is 2.59 bits per heavy atom. The monoisotopic (exact) mass is 369 g/mol. The van der Waals surface area contributed by atoms with Gasteiger partial charge >= 0.3 is 0 Å². The molecule has 1 N–H and O–H groups in total. The first-order chi connectivity index (χ1) is 13.0. The fourth-order valence-corrected chi connectivity index (χ4v) is 3.57. The van der Waals surface area contributed by atoms with E-state index in [-0.39, 0.29) is 23.8 Å². The van der Waals surface area contributed by atoms with Crippen LogP contribution in [0.3, 0.4) is 0 Å². The molecule has 1 saturated heterocycles. The highest BCUT2D eigenvalue weighted by Crippen LogP contribution is 2.19. The summed E-state index contributed by atoms with van der Waals surface area (Å²) >= 11 is 0. The maximum absolute atomic E-state index is 12.5. The van der Waals surface area contributed by atoms with Crippen molar-refractivity contribution < 1.29 is 9.59 Å². The maximum Gasteiger partial charge on any atom is 0.272 e. The van der Waals surface area contributed by atoms with Crippen LogP contribution >= 0.6 is 0 Å². The zero-order chi connectivity index (χ0) is 19.4. The van der Waals surface area contributed by atoms with Crippen molar-refractivity contribution in [3.63, 3.8) is 0 Å². The molecule has 0 aliphatic carbocycles. The zero-order valence-corrected chi connectivity index (χ0v) is 16.2. The molecular formula is C20H27N5O2. The lowest BCUT2D eigenvalue weighted by Gasteiger charge is -2.31. The van der Waals surface area contributed by atoms with Gasteiger partial charge in [-0.15, -0.1) is 0 Å². The number of hydrogen-bond acceptors (Lipinski definition) is 4. The molecule has 2 aromatic rings. The molecule has 0 radical (unpaired) electrons. The lowest BCUT2D eigenvalue weighted by molar-refractivity contribution is -0.126. The van der Waals surface area contributed by atoms with E-state index in [1.807, 2.05) is 37.6 Å². The Labute approximate surface area is 159 Å². The Morgan fingerprint density at radius 2 is 2.00 bits per heavy atom. The van der Waals surface area contributed by atoms with Crippen molar-refractivity contribution in [1.29, 1.82) is 0 Å². The van der Waals surface area contributed by atoms with Gasteiger partial charge in [-0.3, -0.25) is 19.3 Å². The van der Waals surface area contributed by atoms with Crippen molar-refractivity contribution in [2.75, 3.05) is 19.6 Å². The summed E-state index contributed by atoms with van der Waals surface area (Å²) in [5, 5.41) is 7.52. The number of nitrogens with zero attached hydrogens (tertiary/aromatic N) is 4. The second-order valence-corrected chi connectivity index (χ2v) is 7.25. The van der Waals surface area contributed by atoms with Crippen molar-refractivity contribution in [3.05, 3.63) is 47.5 Å². The fraction of sp³-hybridized carbons (Fsp3) is 0.500. The average Bonchev–Trinajstić information content (AvgIpc) is 3.04. The van der Waals surface area contributed by atoms with E-state index in [1.165, 1.54) is 0 Å². The lowest BCUT2D eigenvalue weighted by atomic mass is 9.95. The van der Waals surface area contributed by atoms with Crippen LogP contribution in [0.4, 0.5) is 0 Å². The van der Waals surface area contributed by atoms with Crippen LogP contribution in [-0.4, -0.2) is 51.1 Å². The van der Waals surface area contributed by atoms with E-state index in [0.29, 0.717) is 38.2 Å². The third-order valence-corrected chi connectivity index (χ3v) is 5.07. The first kappa shape index (κ1) is 19.1. The fourth-order valence-electron chi connectivity index (χ4n) is 3.57. The van der Waals surface area contributed by atoms with Crippen LogP contribution in [0.15, 0.2) is 30.5 Å². The van der Waals surface area contributed by atoms with Crippen molar-refractivity contribution in [3.8, 4) is 0 Å². The Bertz CT molecular complexity index is 794. The van der Waals surface area contributed by atoms with Gasteiger partial charge in [0.2, 0.25) is 5.91 Å². The first-order valence-electron chi connectivity index (χ1n) is 9.46. The molecule has 1 aliphatic rings. The summed E-state index contributed by atoms with van der Waals surface area (Å²) < 4.78 is 1.95. The molecule has 7 heteroatoms. The molecule has 2 aromatic heterocycles. The molecule has 7 nitrogen and oxygen atoms in total. The van der Waals surface area contributed by atoms with Gasteiger partial charge in [0.1, 0.15) is 5.69 Å². The summed E-state index contributed by atoms with van der Waals surface area (Å²) in [6, 6.07) is 7.47. The molecule has 0 aromatic carbocycles. The molecular weight excluding hydrogens is 342 g/mol. The molecule has 1 unspecified atom stereocenters. The number of amides is 2. The van der Waals surface area contributed by atoms with Crippen LogP contribution in [0.25, 0.3) is 0 Å². The number of hydrogen-bond donors (Lipinski definition) is 1. The first-order valence-corrected chi connectivity index (χ1v) is 9.46. The molecule has 0 spiro atoms. The summed E-state index contributed by atoms with van der Waals surface area (Å²) in [7, 11) is 0. The van der Waals surface area contributed by atoms with Gasteiger partial charge < -0.3 is 10.2 Å². The molecule has 0 saturated carbocycles. The minimum Gasteiger partial charge on any atom is -0.354 e. The molecule has 1 fully saturated rings. The van der Waals surface area contributed by atoms with E-state index in [9.17, 15) is 9.59 Å². The van der Waals surface area contributed by atoms with E-state index < -0.39 is 0 Å². The quantitative estimate of drug-likeness (QED) is 0.875. The summed E-state index contributed by atoms with van der Waals surface area (Å²) in [4.78, 5) is 30.8. The van der Waals surface area contributed by atoms with E-state index in [2.05, 4.69) is 15.4 Å². The van der Waals surface area contributed by atoms with Gasteiger partial charge in [0, 0.05) is 37.4 Å². The predicted molar refractivity (Wildman–Crippen MR) is 102 cm³/mol. The number of carbonyl (C=O) groups excluding carboxylic acids is 2. The summed E-state index contributed by atoms with van der Waals surface area (Å²) in [5.74, 6) is -0.0497. The van der Waals surface area contributed by atoms with Gasteiger partial charge in [-0.2, -0.15) is 5.10 Å². The number of likely N-dealkylation sites (tertiary alicyclic amines) is 1. The molecule has 3 heterocycles. The molecule has 144 valence electrons. The Balaban J connectivity index is 1.47. The van der Waals surface area contributed by atoms with Crippen molar-refractivity contribution in [2.24, 2.45) is 5.92 Å². The van der Waals surface area contributed by atoms with Crippen molar-refractivity contribution in [1.82, 2.24) is 25.0 Å². The minimum absolute atomic E-state index is 0.0505. The van der Waals surface area contributed by atoms with Crippen LogP contribution in [0.1, 0.15) is 47.7 Å². The Morgan fingerprint density at radius 1 is 1.26 bits per heavy atom. The molecule has 27 heavy (non-hydrogen) atoms. The van der Waals surface area contributed by atoms with Gasteiger partial charge in [-0.25, -0.2) is 0 Å². The van der Waals surface area contributed by atoms with E-state index in [0.717, 1.165) is 11.4 Å². The number of piperidine rings is 1. The third-order valence-electron chi connectivity index (χ3n) is 5.07. The SMILES string of the molecule is Cc1cc(C)n(C(C)CNC(=O)C2CCN(C(=O)c3ccccn3)CC2)n1. The normalized spacial score (nSPS) is 16.2. The van der Waals surface area contributed by atoms with Gasteiger partial charge in [-0.1, -0.05) is 6.07 Å². The summed E-state index contributed by atoms with van der Waals surface area (Å²) in [6.07, 6.45) is 2.98. The molecule has 3 rings (SSSR count). The van der Waals surface area contributed by atoms with Gasteiger partial charge in [-0.05, 0) is 51.8 Å². The number of nitrogens with one attached hydrogen (secondary N) is 1. The minimum atomic E-state index is -0.0624. The van der Waals surface area contributed by atoms with Crippen LogP contribution in [-0.2, 0) is 4.79 Å². The van der Waals surface area contributed by atoms with Crippen LogP contribution in [0.5, 0.6) is 0 Å². The number of aryl methyl sites for hydroxylation is 2. The highest BCUT2D eigenvalue weighted by molar-refractivity contribution is 5.92. The average molecular weight is 369 g/mol. The van der Waals surface area contributed by atoms with E-state index in [1.54, 1.807) is 23.2 Å². The highest BCUT2D eigenvalue weighted by atomic mass is 16.2. The van der Waals surface area contributed by atoms with Crippen LogP contribution in [0.2, 0.25) is 0 Å². The smallest absolute Gasteiger partial charge is 0.272 e. The molecule has 0 bridgehead atoms. The van der Waals surface area contributed by atoms with Crippen molar-refractivity contribution in [2.45, 2.75) is 39.7 Å². The second-order valence-electron chi connectivity index (χ2n) is 7.25. The van der Waals surface area contributed by atoms with E-state index >= 15 is 0 Å². The number of rotatable bonds is 5. The summed E-state index contributed by atoms with van der Waals surface area (Å²) in [5.41, 5.74) is 2.53. The zero-order valence-electron chi connectivity index (χ0n) is 16.2. The van der Waals surface area contributed by atoms with Crippen LogP contribution in [0, 0.1) is 19.8 Å². The Kier molecular flexibility index (Phi) is 5.88. The van der Waals surface area contributed by atoms with Gasteiger partial charge in [0.25, 0.3) is 5.91 Å². The highest BCUT2D eigenvalue weighted by Gasteiger charge is 2.28. The topological polar surface area (TPSA) is 80.1 Å². The second kappa shape index (κ2) is 8.33. The number of carbonyl (C=O) groups is 2. The standard InChI is InChI=1S/C20H27N5O2/c1-14-12-15(2)25(23-14)16(3)13-22-19(26)17-7-10-24(11-8-17)20(27)18-6-4-5-9-21-18/h4-6,9,12,16-17H,7-8,10-11,13H2,1-3H3,(H,22,26). The number of aromatic nitrogens is 3. The summed E-state index contributed by atoms with van der Waals surface area (Å²) in [6.45, 7) is 7.75. The lowest BCUT2D eigenvalue weighted by Crippen LogP contribution is -2.44. The number of pyridine rings is 1. The van der Waals surface area contributed by atoms with Crippen molar-refractivity contribution >= 4 is 11.8 Å². The maximum atomic E-state index is 12.5. The molecule has 1 atom stereocenters. The van der Waals surface area contributed by atoms with Gasteiger partial charge in [0.15, 0.2) is 0 Å².